The predicted octanol–water partition coefficient (Wildman–Crippen LogP) is 1.01. The molecule has 0 aliphatic carbocycles. The molecule has 0 fully saturated rings. The lowest BCUT2D eigenvalue weighted by Crippen LogP contribution is -2.33. The summed E-state index contributed by atoms with van der Waals surface area (Å²) < 4.78 is 0. The molecule has 0 radical (unpaired) electrons. The average molecular weight is 222 g/mol. The molecule has 0 saturated carbocycles. The van der Waals surface area contributed by atoms with Gasteiger partial charge in [-0.2, -0.15) is 0 Å². The SMILES string of the molecule is C=CC(=O)N1CCNC(=O)c2sccc21. The molecule has 0 aromatic carbocycles. The van der Waals surface area contributed by atoms with E-state index < -0.39 is 0 Å². The Hall–Kier alpha value is -1.62. The van der Waals surface area contributed by atoms with Crippen molar-refractivity contribution in [3.8, 4) is 0 Å². The van der Waals surface area contributed by atoms with Gasteiger partial charge in [-0.3, -0.25) is 9.59 Å². The Morgan fingerprint density at radius 2 is 2.47 bits per heavy atom. The maximum Gasteiger partial charge on any atom is 0.263 e. The van der Waals surface area contributed by atoms with Gasteiger partial charge in [0.2, 0.25) is 5.91 Å². The maximum atomic E-state index is 11.6. The van der Waals surface area contributed by atoms with Crippen molar-refractivity contribution < 1.29 is 9.59 Å². The fourth-order valence-corrected chi connectivity index (χ4v) is 2.32. The van der Waals surface area contributed by atoms with E-state index in [1.165, 1.54) is 17.4 Å². The standard InChI is InChI=1S/C10H10N2O2S/c1-2-8(13)12-5-4-11-10(14)9-7(12)3-6-15-9/h2-3,6H,1,4-5H2,(H,11,14). The summed E-state index contributed by atoms with van der Waals surface area (Å²) in [6.07, 6.45) is 1.26. The second-order valence-corrected chi connectivity index (χ2v) is 4.00. The van der Waals surface area contributed by atoms with Crippen LogP contribution < -0.4 is 10.2 Å². The van der Waals surface area contributed by atoms with E-state index in [9.17, 15) is 9.59 Å². The molecule has 0 saturated heterocycles. The van der Waals surface area contributed by atoms with Crippen LogP contribution in [-0.2, 0) is 4.79 Å². The van der Waals surface area contributed by atoms with Crippen LogP contribution in [0.15, 0.2) is 24.1 Å². The summed E-state index contributed by atoms with van der Waals surface area (Å²) in [4.78, 5) is 25.3. The zero-order valence-corrected chi connectivity index (χ0v) is 8.84. The van der Waals surface area contributed by atoms with E-state index in [-0.39, 0.29) is 11.8 Å². The normalized spacial score (nSPS) is 15.2. The van der Waals surface area contributed by atoms with E-state index in [1.54, 1.807) is 16.3 Å². The van der Waals surface area contributed by atoms with Crippen LogP contribution in [0.2, 0.25) is 0 Å². The van der Waals surface area contributed by atoms with Crippen LogP contribution in [0.5, 0.6) is 0 Å². The van der Waals surface area contributed by atoms with Crippen molar-refractivity contribution in [1.82, 2.24) is 5.32 Å². The van der Waals surface area contributed by atoms with Crippen LogP contribution in [-0.4, -0.2) is 24.9 Å². The van der Waals surface area contributed by atoms with Gasteiger partial charge in [0.25, 0.3) is 5.91 Å². The highest BCUT2D eigenvalue weighted by atomic mass is 32.1. The lowest BCUT2D eigenvalue weighted by Gasteiger charge is -2.17. The third-order valence-corrected chi connectivity index (χ3v) is 3.11. The predicted molar refractivity (Wildman–Crippen MR) is 59.2 cm³/mol. The van der Waals surface area contributed by atoms with E-state index in [0.29, 0.717) is 23.7 Å². The number of fused-ring (bicyclic) bond motifs is 1. The Morgan fingerprint density at radius 1 is 1.67 bits per heavy atom. The summed E-state index contributed by atoms with van der Waals surface area (Å²) in [5.41, 5.74) is 0.680. The van der Waals surface area contributed by atoms with Crippen LogP contribution in [0.4, 0.5) is 5.69 Å². The summed E-state index contributed by atoms with van der Waals surface area (Å²) in [7, 11) is 0. The van der Waals surface area contributed by atoms with Gasteiger partial charge in [0.05, 0.1) is 5.69 Å². The van der Waals surface area contributed by atoms with Crippen LogP contribution in [0.1, 0.15) is 9.67 Å². The molecule has 1 aliphatic rings. The highest BCUT2D eigenvalue weighted by Crippen LogP contribution is 2.27. The number of hydrogen-bond acceptors (Lipinski definition) is 3. The second-order valence-electron chi connectivity index (χ2n) is 3.08. The van der Waals surface area contributed by atoms with Crippen molar-refractivity contribution in [3.63, 3.8) is 0 Å². The van der Waals surface area contributed by atoms with E-state index in [1.807, 2.05) is 0 Å². The lowest BCUT2D eigenvalue weighted by atomic mass is 10.3. The molecule has 2 heterocycles. The molecule has 5 heteroatoms. The van der Waals surface area contributed by atoms with Crippen molar-refractivity contribution in [2.45, 2.75) is 0 Å². The summed E-state index contributed by atoms with van der Waals surface area (Å²) in [6.45, 7) is 4.41. The molecule has 2 rings (SSSR count). The van der Waals surface area contributed by atoms with Crippen molar-refractivity contribution in [2.24, 2.45) is 0 Å². The number of nitrogens with one attached hydrogen (secondary N) is 1. The molecule has 0 unspecified atom stereocenters. The first kappa shape index (κ1) is 9.92. The summed E-state index contributed by atoms with van der Waals surface area (Å²) in [6, 6.07) is 1.78. The molecular formula is C10H10N2O2S. The molecule has 1 N–H and O–H groups in total. The molecule has 2 amide bonds. The zero-order chi connectivity index (χ0) is 10.8. The molecule has 0 bridgehead atoms. The van der Waals surface area contributed by atoms with Gasteiger partial charge in [0.1, 0.15) is 4.88 Å². The zero-order valence-electron chi connectivity index (χ0n) is 8.03. The third-order valence-electron chi connectivity index (χ3n) is 2.20. The van der Waals surface area contributed by atoms with Crippen molar-refractivity contribution in [1.29, 1.82) is 0 Å². The fourth-order valence-electron chi connectivity index (χ4n) is 1.51. The Kier molecular flexibility index (Phi) is 2.55. The number of thiophene rings is 1. The smallest absolute Gasteiger partial charge is 0.263 e. The molecule has 1 aromatic heterocycles. The summed E-state index contributed by atoms with van der Waals surface area (Å²) >= 11 is 1.34. The third kappa shape index (κ3) is 1.66. The molecule has 1 aromatic rings. The minimum atomic E-state index is -0.175. The Labute approximate surface area is 91.2 Å². The van der Waals surface area contributed by atoms with E-state index in [2.05, 4.69) is 11.9 Å². The monoisotopic (exact) mass is 222 g/mol. The highest BCUT2D eigenvalue weighted by Gasteiger charge is 2.24. The number of anilines is 1. The largest absolute Gasteiger partial charge is 0.349 e. The van der Waals surface area contributed by atoms with Gasteiger partial charge in [-0.05, 0) is 17.5 Å². The first-order valence-corrected chi connectivity index (χ1v) is 5.41. The van der Waals surface area contributed by atoms with Crippen LogP contribution in [0.25, 0.3) is 0 Å². The minimum absolute atomic E-state index is 0.112. The van der Waals surface area contributed by atoms with Gasteiger partial charge in [-0.25, -0.2) is 0 Å². The first-order chi connectivity index (χ1) is 7.24. The number of carbonyl (C=O) groups excluding carboxylic acids is 2. The summed E-state index contributed by atoms with van der Waals surface area (Å²) in [5.74, 6) is -0.287. The number of amides is 2. The molecular weight excluding hydrogens is 212 g/mol. The van der Waals surface area contributed by atoms with E-state index in [0.717, 1.165) is 0 Å². The van der Waals surface area contributed by atoms with Gasteiger partial charge >= 0.3 is 0 Å². The number of nitrogens with zero attached hydrogens (tertiary/aromatic N) is 1. The number of carbonyl (C=O) groups is 2. The van der Waals surface area contributed by atoms with Gasteiger partial charge in [0.15, 0.2) is 0 Å². The molecule has 78 valence electrons. The first-order valence-electron chi connectivity index (χ1n) is 4.53. The minimum Gasteiger partial charge on any atom is -0.349 e. The van der Waals surface area contributed by atoms with Gasteiger partial charge in [0, 0.05) is 13.1 Å². The van der Waals surface area contributed by atoms with Gasteiger partial charge < -0.3 is 10.2 Å². The molecule has 4 nitrogen and oxygen atoms in total. The number of rotatable bonds is 1. The Bertz CT molecular complexity index is 425. The van der Waals surface area contributed by atoms with Gasteiger partial charge in [-0.15, -0.1) is 11.3 Å². The van der Waals surface area contributed by atoms with Crippen LogP contribution in [0, 0.1) is 0 Å². The quantitative estimate of drug-likeness (QED) is 0.721. The average Bonchev–Trinajstić information content (AvgIpc) is 2.66. The number of hydrogen-bond donors (Lipinski definition) is 1. The molecule has 1 aliphatic heterocycles. The fraction of sp³-hybridized carbons (Fsp3) is 0.200. The van der Waals surface area contributed by atoms with Crippen molar-refractivity contribution >= 4 is 28.8 Å². The molecule has 0 spiro atoms. The van der Waals surface area contributed by atoms with Crippen molar-refractivity contribution in [2.75, 3.05) is 18.0 Å². The second kappa shape index (κ2) is 3.86. The highest BCUT2D eigenvalue weighted by molar-refractivity contribution is 7.12. The van der Waals surface area contributed by atoms with Gasteiger partial charge in [-0.1, -0.05) is 6.58 Å². The Morgan fingerprint density at radius 3 is 3.20 bits per heavy atom. The Balaban J connectivity index is 2.44. The summed E-state index contributed by atoms with van der Waals surface area (Å²) in [5, 5.41) is 4.54. The van der Waals surface area contributed by atoms with Crippen LogP contribution >= 0.6 is 11.3 Å². The van der Waals surface area contributed by atoms with E-state index in [4.69, 9.17) is 0 Å². The van der Waals surface area contributed by atoms with Crippen LogP contribution in [0.3, 0.4) is 0 Å². The lowest BCUT2D eigenvalue weighted by molar-refractivity contribution is -0.114. The molecule has 15 heavy (non-hydrogen) atoms. The maximum absolute atomic E-state index is 11.6. The van der Waals surface area contributed by atoms with Crippen molar-refractivity contribution in [3.05, 3.63) is 29.0 Å². The topological polar surface area (TPSA) is 49.4 Å². The molecule has 0 atom stereocenters. The van der Waals surface area contributed by atoms with E-state index >= 15 is 0 Å².